The number of carbonyl (C=O) groups is 2. The van der Waals surface area contributed by atoms with E-state index in [0.717, 1.165) is 30.0 Å². The Labute approximate surface area is 153 Å². The largest absolute Gasteiger partial charge is 0.356 e. The number of nitrogens with one attached hydrogen (secondary N) is 1. The topological polar surface area (TPSA) is 80.1 Å². The van der Waals surface area contributed by atoms with Crippen LogP contribution in [-0.2, 0) is 22.7 Å². The van der Waals surface area contributed by atoms with Crippen molar-refractivity contribution in [1.82, 2.24) is 25.0 Å². The van der Waals surface area contributed by atoms with Gasteiger partial charge in [0, 0.05) is 37.9 Å². The van der Waals surface area contributed by atoms with Crippen LogP contribution in [0, 0.1) is 19.8 Å². The molecule has 138 valence electrons. The minimum absolute atomic E-state index is 0.0124. The second kappa shape index (κ2) is 8.12. The second-order valence-electron chi connectivity index (χ2n) is 6.79. The quantitative estimate of drug-likeness (QED) is 0.763. The highest BCUT2D eigenvalue weighted by molar-refractivity contribution is 5.89. The Bertz CT molecular complexity index is 771. The summed E-state index contributed by atoms with van der Waals surface area (Å²) in [5.41, 5.74) is 2.97. The molecule has 26 heavy (non-hydrogen) atoms. The highest BCUT2D eigenvalue weighted by Gasteiger charge is 2.34. The Morgan fingerprint density at radius 2 is 2.19 bits per heavy atom. The monoisotopic (exact) mass is 355 g/mol. The molecule has 7 nitrogen and oxygen atoms in total. The lowest BCUT2D eigenvalue weighted by Gasteiger charge is -2.16. The molecule has 2 amide bonds. The first-order valence-corrected chi connectivity index (χ1v) is 8.99. The summed E-state index contributed by atoms with van der Waals surface area (Å²) in [5, 5.41) is 7.36. The van der Waals surface area contributed by atoms with Crippen molar-refractivity contribution in [2.75, 3.05) is 13.1 Å². The smallest absolute Gasteiger partial charge is 0.225 e. The van der Waals surface area contributed by atoms with Crippen LogP contribution in [0.1, 0.15) is 29.9 Å². The van der Waals surface area contributed by atoms with Crippen LogP contribution >= 0.6 is 0 Å². The fraction of sp³-hybridized carbons (Fsp3) is 0.474. The highest BCUT2D eigenvalue weighted by Crippen LogP contribution is 2.19. The third kappa shape index (κ3) is 4.47. The van der Waals surface area contributed by atoms with Gasteiger partial charge in [0.2, 0.25) is 11.8 Å². The van der Waals surface area contributed by atoms with Gasteiger partial charge in [-0.2, -0.15) is 5.10 Å². The first-order chi connectivity index (χ1) is 12.5. The first-order valence-electron chi connectivity index (χ1n) is 8.99. The molecular formula is C19H25N5O2. The lowest BCUT2D eigenvalue weighted by Crippen LogP contribution is -2.33. The summed E-state index contributed by atoms with van der Waals surface area (Å²) in [6, 6.07) is 7.67. The molecule has 3 rings (SSSR count). The van der Waals surface area contributed by atoms with Crippen LogP contribution in [0.3, 0.4) is 0 Å². The Morgan fingerprint density at radius 3 is 2.88 bits per heavy atom. The standard InChI is InChI=1S/C19H25N5O2/c1-14-10-15(2)24(22-14)9-5-8-21-19(26)16-11-18(25)23(12-16)13-17-6-3-4-7-20-17/h3-4,6-7,10,16H,5,8-9,11-13H2,1-2H3,(H,21,26)/t16-/m1/s1. The van der Waals surface area contributed by atoms with E-state index >= 15 is 0 Å². The molecule has 1 aliphatic heterocycles. The maximum atomic E-state index is 12.3. The van der Waals surface area contributed by atoms with E-state index in [9.17, 15) is 9.59 Å². The molecule has 1 fully saturated rings. The molecular weight excluding hydrogens is 330 g/mol. The number of hydrogen-bond acceptors (Lipinski definition) is 4. The van der Waals surface area contributed by atoms with E-state index in [1.54, 1.807) is 11.1 Å². The van der Waals surface area contributed by atoms with Gasteiger partial charge in [0.15, 0.2) is 0 Å². The molecule has 1 N–H and O–H groups in total. The first kappa shape index (κ1) is 18.1. The van der Waals surface area contributed by atoms with Crippen LogP contribution in [0.15, 0.2) is 30.5 Å². The van der Waals surface area contributed by atoms with E-state index in [1.807, 2.05) is 42.8 Å². The molecule has 2 aromatic rings. The molecule has 0 saturated carbocycles. The Balaban J connectivity index is 1.42. The van der Waals surface area contributed by atoms with Crippen LogP contribution in [0.25, 0.3) is 0 Å². The third-order valence-corrected chi connectivity index (χ3v) is 4.61. The molecule has 0 radical (unpaired) electrons. The number of likely N-dealkylation sites (tertiary alicyclic amines) is 1. The van der Waals surface area contributed by atoms with E-state index in [2.05, 4.69) is 15.4 Å². The van der Waals surface area contributed by atoms with Crippen molar-refractivity contribution in [3.63, 3.8) is 0 Å². The molecule has 0 aliphatic carbocycles. The summed E-state index contributed by atoms with van der Waals surface area (Å²) < 4.78 is 1.95. The predicted octanol–water partition coefficient (Wildman–Crippen LogP) is 1.45. The van der Waals surface area contributed by atoms with Gasteiger partial charge in [-0.3, -0.25) is 19.3 Å². The highest BCUT2D eigenvalue weighted by atomic mass is 16.2. The number of amides is 2. The van der Waals surface area contributed by atoms with Gasteiger partial charge >= 0.3 is 0 Å². The lowest BCUT2D eigenvalue weighted by atomic mass is 10.1. The van der Waals surface area contributed by atoms with Gasteiger partial charge in [-0.25, -0.2) is 0 Å². The fourth-order valence-electron chi connectivity index (χ4n) is 3.27. The molecule has 7 heteroatoms. The molecule has 0 bridgehead atoms. The zero-order chi connectivity index (χ0) is 18.5. The van der Waals surface area contributed by atoms with Crippen molar-refractivity contribution in [1.29, 1.82) is 0 Å². The zero-order valence-electron chi connectivity index (χ0n) is 15.3. The van der Waals surface area contributed by atoms with Crippen molar-refractivity contribution in [2.45, 2.75) is 39.8 Å². The molecule has 1 atom stereocenters. The van der Waals surface area contributed by atoms with E-state index in [4.69, 9.17) is 0 Å². The fourth-order valence-corrected chi connectivity index (χ4v) is 3.27. The number of rotatable bonds is 7. The maximum Gasteiger partial charge on any atom is 0.225 e. The molecule has 1 saturated heterocycles. The van der Waals surface area contributed by atoms with E-state index < -0.39 is 0 Å². The van der Waals surface area contributed by atoms with E-state index in [1.165, 1.54) is 0 Å². The number of hydrogen-bond donors (Lipinski definition) is 1. The summed E-state index contributed by atoms with van der Waals surface area (Å²) in [6.45, 7) is 6.27. The van der Waals surface area contributed by atoms with Crippen molar-refractivity contribution in [3.05, 3.63) is 47.5 Å². The van der Waals surface area contributed by atoms with Crippen LogP contribution in [-0.4, -0.2) is 44.6 Å². The zero-order valence-corrected chi connectivity index (χ0v) is 15.3. The minimum Gasteiger partial charge on any atom is -0.356 e. The summed E-state index contributed by atoms with van der Waals surface area (Å²) in [7, 11) is 0. The average Bonchev–Trinajstić information content (AvgIpc) is 3.14. The number of aromatic nitrogens is 3. The minimum atomic E-state index is -0.278. The van der Waals surface area contributed by atoms with Gasteiger partial charge in [-0.15, -0.1) is 0 Å². The van der Waals surface area contributed by atoms with Gasteiger partial charge < -0.3 is 10.2 Å². The molecule has 0 spiro atoms. The lowest BCUT2D eigenvalue weighted by molar-refractivity contribution is -0.129. The van der Waals surface area contributed by atoms with E-state index in [0.29, 0.717) is 19.6 Å². The van der Waals surface area contributed by atoms with Gasteiger partial charge in [0.1, 0.15) is 0 Å². The van der Waals surface area contributed by atoms with Crippen LogP contribution in [0.2, 0.25) is 0 Å². The number of carbonyl (C=O) groups excluding carboxylic acids is 2. The molecule has 0 aromatic carbocycles. The Kier molecular flexibility index (Phi) is 5.65. The van der Waals surface area contributed by atoms with E-state index in [-0.39, 0.29) is 24.2 Å². The summed E-state index contributed by atoms with van der Waals surface area (Å²) >= 11 is 0. The van der Waals surface area contributed by atoms with Gasteiger partial charge in [-0.1, -0.05) is 6.07 Å². The second-order valence-corrected chi connectivity index (χ2v) is 6.79. The normalized spacial score (nSPS) is 16.9. The molecule has 3 heterocycles. The molecule has 0 unspecified atom stereocenters. The number of aryl methyl sites for hydroxylation is 3. The maximum absolute atomic E-state index is 12.3. The molecule has 1 aliphatic rings. The van der Waals surface area contributed by atoms with Crippen molar-refractivity contribution >= 4 is 11.8 Å². The van der Waals surface area contributed by atoms with Crippen LogP contribution in [0.4, 0.5) is 0 Å². The summed E-state index contributed by atoms with van der Waals surface area (Å²) in [6.07, 6.45) is 2.80. The third-order valence-electron chi connectivity index (χ3n) is 4.61. The molecule has 2 aromatic heterocycles. The Hall–Kier alpha value is -2.70. The van der Waals surface area contributed by atoms with Gasteiger partial charge in [0.05, 0.1) is 23.9 Å². The van der Waals surface area contributed by atoms with Crippen LogP contribution < -0.4 is 5.32 Å². The summed E-state index contributed by atoms with van der Waals surface area (Å²) in [4.78, 5) is 30.5. The Morgan fingerprint density at radius 1 is 1.35 bits per heavy atom. The van der Waals surface area contributed by atoms with Crippen molar-refractivity contribution < 1.29 is 9.59 Å². The van der Waals surface area contributed by atoms with Crippen molar-refractivity contribution in [2.24, 2.45) is 5.92 Å². The van der Waals surface area contributed by atoms with Crippen LogP contribution in [0.5, 0.6) is 0 Å². The van der Waals surface area contributed by atoms with Gasteiger partial charge in [-0.05, 0) is 38.5 Å². The number of nitrogens with zero attached hydrogens (tertiary/aromatic N) is 4. The average molecular weight is 355 g/mol. The SMILES string of the molecule is Cc1cc(C)n(CCCNC(=O)[C@@H]2CC(=O)N(Cc3ccccn3)C2)n1. The van der Waals surface area contributed by atoms with Crippen molar-refractivity contribution in [3.8, 4) is 0 Å². The number of pyridine rings is 1. The predicted molar refractivity (Wildman–Crippen MR) is 97.1 cm³/mol. The summed E-state index contributed by atoms with van der Waals surface area (Å²) in [5.74, 6) is -0.312. The van der Waals surface area contributed by atoms with Gasteiger partial charge in [0.25, 0.3) is 0 Å².